The van der Waals surface area contributed by atoms with Gasteiger partial charge < -0.3 is 15.5 Å². The van der Waals surface area contributed by atoms with Crippen LogP contribution in [0.2, 0.25) is 0 Å². The summed E-state index contributed by atoms with van der Waals surface area (Å²) in [6, 6.07) is 14.3. The predicted octanol–water partition coefficient (Wildman–Crippen LogP) is 2.10. The standard InChI is InChI=1S/C21H21N3O3/c25-19(24-12-11-14-5-1-2-6-15(14)13-24)10-9-18-21(27)22-17-8-4-3-7-16(17)20(26)23-18/h1-8,18H,9-13H2,(H,22,27)(H,23,26)/t18-/m0/s1. The number of nitrogens with zero attached hydrogens (tertiary/aromatic N) is 1. The van der Waals surface area contributed by atoms with Crippen LogP contribution in [-0.4, -0.2) is 35.2 Å². The summed E-state index contributed by atoms with van der Waals surface area (Å²) in [5.74, 6) is -0.577. The molecular weight excluding hydrogens is 342 g/mol. The number of fused-ring (bicyclic) bond motifs is 2. The maximum absolute atomic E-state index is 12.6. The van der Waals surface area contributed by atoms with E-state index in [1.807, 2.05) is 23.1 Å². The van der Waals surface area contributed by atoms with Gasteiger partial charge in [-0.3, -0.25) is 14.4 Å². The molecule has 138 valence electrons. The van der Waals surface area contributed by atoms with E-state index in [0.29, 0.717) is 24.3 Å². The molecule has 27 heavy (non-hydrogen) atoms. The molecule has 6 heteroatoms. The smallest absolute Gasteiger partial charge is 0.254 e. The van der Waals surface area contributed by atoms with Gasteiger partial charge in [-0.2, -0.15) is 0 Å². The summed E-state index contributed by atoms with van der Waals surface area (Å²) in [5.41, 5.74) is 3.40. The first-order chi connectivity index (χ1) is 13.1. The average molecular weight is 363 g/mol. The fraction of sp³-hybridized carbons (Fsp3) is 0.286. The molecule has 3 amide bonds. The van der Waals surface area contributed by atoms with E-state index in [2.05, 4.69) is 16.7 Å². The van der Waals surface area contributed by atoms with Gasteiger partial charge in [0.05, 0.1) is 11.3 Å². The highest BCUT2D eigenvalue weighted by atomic mass is 16.2. The number of carbonyl (C=O) groups excluding carboxylic acids is 3. The number of rotatable bonds is 3. The molecule has 6 nitrogen and oxygen atoms in total. The Morgan fingerprint density at radius 2 is 1.78 bits per heavy atom. The lowest BCUT2D eigenvalue weighted by Gasteiger charge is -2.29. The Bertz CT molecular complexity index is 909. The fourth-order valence-corrected chi connectivity index (χ4v) is 3.65. The van der Waals surface area contributed by atoms with Crippen LogP contribution >= 0.6 is 0 Å². The Morgan fingerprint density at radius 1 is 1.04 bits per heavy atom. The molecule has 0 fully saturated rings. The number of para-hydroxylation sites is 1. The van der Waals surface area contributed by atoms with Gasteiger partial charge in [0.2, 0.25) is 11.8 Å². The lowest BCUT2D eigenvalue weighted by molar-refractivity contribution is -0.132. The van der Waals surface area contributed by atoms with Gasteiger partial charge in [-0.05, 0) is 36.1 Å². The highest BCUT2D eigenvalue weighted by Crippen LogP contribution is 2.21. The Hall–Kier alpha value is -3.15. The van der Waals surface area contributed by atoms with Gasteiger partial charge >= 0.3 is 0 Å². The molecule has 0 spiro atoms. The summed E-state index contributed by atoms with van der Waals surface area (Å²) in [4.78, 5) is 39.2. The van der Waals surface area contributed by atoms with Crippen LogP contribution in [0.15, 0.2) is 48.5 Å². The third-order valence-corrected chi connectivity index (χ3v) is 5.18. The van der Waals surface area contributed by atoms with Crippen molar-refractivity contribution >= 4 is 23.4 Å². The van der Waals surface area contributed by atoms with Gasteiger partial charge in [0, 0.05) is 19.5 Å². The second kappa shape index (κ2) is 7.23. The van der Waals surface area contributed by atoms with Gasteiger partial charge in [0.25, 0.3) is 5.91 Å². The molecule has 2 heterocycles. The molecule has 2 aliphatic heterocycles. The molecule has 0 radical (unpaired) electrons. The van der Waals surface area contributed by atoms with E-state index in [9.17, 15) is 14.4 Å². The maximum Gasteiger partial charge on any atom is 0.254 e. The minimum atomic E-state index is -0.717. The molecule has 0 bridgehead atoms. The monoisotopic (exact) mass is 363 g/mol. The topological polar surface area (TPSA) is 78.5 Å². The van der Waals surface area contributed by atoms with E-state index >= 15 is 0 Å². The number of amides is 3. The average Bonchev–Trinajstić information content (AvgIpc) is 2.82. The zero-order valence-corrected chi connectivity index (χ0v) is 14.9. The number of hydrogen-bond acceptors (Lipinski definition) is 3. The molecule has 0 saturated carbocycles. The SMILES string of the molecule is O=C1N[C@@H](CCC(=O)N2CCc3ccccc3C2)C(=O)Nc2ccccc21. The molecule has 0 saturated heterocycles. The number of benzene rings is 2. The molecular formula is C21H21N3O3. The van der Waals surface area contributed by atoms with E-state index in [-0.39, 0.29) is 30.6 Å². The number of carbonyl (C=O) groups is 3. The van der Waals surface area contributed by atoms with Crippen molar-refractivity contribution < 1.29 is 14.4 Å². The first kappa shape index (κ1) is 17.3. The van der Waals surface area contributed by atoms with Crippen LogP contribution in [-0.2, 0) is 22.6 Å². The predicted molar refractivity (Wildman–Crippen MR) is 101 cm³/mol. The van der Waals surface area contributed by atoms with E-state index in [1.54, 1.807) is 24.3 Å². The zero-order valence-electron chi connectivity index (χ0n) is 14.9. The Labute approximate surface area is 157 Å². The van der Waals surface area contributed by atoms with Crippen LogP contribution in [0.3, 0.4) is 0 Å². The van der Waals surface area contributed by atoms with Crippen LogP contribution < -0.4 is 10.6 Å². The molecule has 2 aliphatic rings. The van der Waals surface area contributed by atoms with Gasteiger partial charge in [0.15, 0.2) is 0 Å². The molecule has 1 atom stereocenters. The summed E-state index contributed by atoms with van der Waals surface area (Å²) < 4.78 is 0. The van der Waals surface area contributed by atoms with Crippen LogP contribution in [0.1, 0.15) is 34.3 Å². The van der Waals surface area contributed by atoms with Crippen molar-refractivity contribution in [2.24, 2.45) is 0 Å². The van der Waals surface area contributed by atoms with Crippen LogP contribution in [0.4, 0.5) is 5.69 Å². The fourth-order valence-electron chi connectivity index (χ4n) is 3.65. The highest BCUT2D eigenvalue weighted by Gasteiger charge is 2.29. The third-order valence-electron chi connectivity index (χ3n) is 5.18. The van der Waals surface area contributed by atoms with Crippen molar-refractivity contribution in [1.29, 1.82) is 0 Å². The van der Waals surface area contributed by atoms with Crippen molar-refractivity contribution in [3.8, 4) is 0 Å². The second-order valence-electron chi connectivity index (χ2n) is 6.93. The first-order valence-corrected chi connectivity index (χ1v) is 9.17. The quantitative estimate of drug-likeness (QED) is 0.877. The Morgan fingerprint density at radius 3 is 2.63 bits per heavy atom. The minimum Gasteiger partial charge on any atom is -0.340 e. The molecule has 0 unspecified atom stereocenters. The summed E-state index contributed by atoms with van der Waals surface area (Å²) >= 11 is 0. The van der Waals surface area contributed by atoms with E-state index in [4.69, 9.17) is 0 Å². The number of anilines is 1. The lowest BCUT2D eigenvalue weighted by Crippen LogP contribution is -2.42. The van der Waals surface area contributed by atoms with Gasteiger partial charge in [-0.15, -0.1) is 0 Å². The molecule has 0 aliphatic carbocycles. The zero-order chi connectivity index (χ0) is 18.8. The Balaban J connectivity index is 1.38. The normalized spacial score (nSPS) is 18.7. The largest absolute Gasteiger partial charge is 0.340 e. The van der Waals surface area contributed by atoms with E-state index < -0.39 is 6.04 Å². The van der Waals surface area contributed by atoms with Gasteiger partial charge in [-0.1, -0.05) is 36.4 Å². The van der Waals surface area contributed by atoms with Gasteiger partial charge in [-0.25, -0.2) is 0 Å². The van der Waals surface area contributed by atoms with Crippen LogP contribution in [0.5, 0.6) is 0 Å². The number of nitrogens with one attached hydrogen (secondary N) is 2. The summed E-state index contributed by atoms with van der Waals surface area (Å²) in [5, 5.41) is 5.51. The third kappa shape index (κ3) is 3.56. The molecule has 2 N–H and O–H groups in total. The molecule has 2 aromatic rings. The Kier molecular flexibility index (Phi) is 4.62. The lowest BCUT2D eigenvalue weighted by atomic mass is 9.99. The van der Waals surface area contributed by atoms with Crippen LogP contribution in [0, 0.1) is 0 Å². The molecule has 4 rings (SSSR count). The van der Waals surface area contributed by atoms with Crippen molar-refractivity contribution in [1.82, 2.24) is 10.2 Å². The van der Waals surface area contributed by atoms with Crippen molar-refractivity contribution in [3.05, 3.63) is 65.2 Å². The highest BCUT2D eigenvalue weighted by molar-refractivity contribution is 6.09. The molecule has 2 aromatic carbocycles. The second-order valence-corrected chi connectivity index (χ2v) is 6.93. The summed E-state index contributed by atoms with van der Waals surface area (Å²) in [6.07, 6.45) is 1.34. The molecule has 0 aromatic heterocycles. The summed E-state index contributed by atoms with van der Waals surface area (Å²) in [7, 11) is 0. The maximum atomic E-state index is 12.6. The van der Waals surface area contributed by atoms with Crippen molar-refractivity contribution in [2.45, 2.75) is 31.8 Å². The number of hydrogen-bond donors (Lipinski definition) is 2. The van der Waals surface area contributed by atoms with Gasteiger partial charge in [0.1, 0.15) is 6.04 Å². The first-order valence-electron chi connectivity index (χ1n) is 9.17. The van der Waals surface area contributed by atoms with Crippen LogP contribution in [0.25, 0.3) is 0 Å². The van der Waals surface area contributed by atoms with Crippen molar-refractivity contribution in [2.75, 3.05) is 11.9 Å². The minimum absolute atomic E-state index is 0.00770. The van der Waals surface area contributed by atoms with E-state index in [0.717, 1.165) is 6.42 Å². The van der Waals surface area contributed by atoms with E-state index in [1.165, 1.54) is 11.1 Å². The van der Waals surface area contributed by atoms with Crippen molar-refractivity contribution in [3.63, 3.8) is 0 Å². The summed E-state index contributed by atoms with van der Waals surface area (Å²) in [6.45, 7) is 1.29.